The van der Waals surface area contributed by atoms with E-state index in [1.54, 1.807) is 0 Å². The minimum atomic E-state index is 0.606. The number of rotatable bonds is 1. The maximum atomic E-state index is 5.51. The lowest BCUT2D eigenvalue weighted by Gasteiger charge is -2.29. The van der Waals surface area contributed by atoms with Crippen LogP contribution in [0.3, 0.4) is 0 Å². The third-order valence-corrected chi connectivity index (χ3v) is 2.93. The summed E-state index contributed by atoms with van der Waals surface area (Å²) in [6, 6.07) is 10.7. The van der Waals surface area contributed by atoms with E-state index in [1.807, 2.05) is 0 Å². The Balaban J connectivity index is 2.15. The molecular formula is C12H16O. The first-order valence-corrected chi connectivity index (χ1v) is 5.00. The van der Waals surface area contributed by atoms with Crippen molar-refractivity contribution in [1.82, 2.24) is 0 Å². The van der Waals surface area contributed by atoms with Crippen LogP contribution in [0.5, 0.6) is 0 Å². The summed E-state index contributed by atoms with van der Waals surface area (Å²) in [5.41, 5.74) is 1.43. The number of benzene rings is 1. The molecule has 0 aromatic heterocycles. The lowest BCUT2D eigenvalue weighted by molar-refractivity contribution is 0.0523. The summed E-state index contributed by atoms with van der Waals surface area (Å²) in [6.45, 7) is 4.15. The first-order valence-electron chi connectivity index (χ1n) is 5.00. The predicted octanol–water partition coefficient (Wildman–Crippen LogP) is 2.83. The molecule has 2 atom stereocenters. The summed E-state index contributed by atoms with van der Waals surface area (Å²) < 4.78 is 5.51. The summed E-state index contributed by atoms with van der Waals surface area (Å²) in [4.78, 5) is 0. The summed E-state index contributed by atoms with van der Waals surface area (Å²) in [6.07, 6.45) is 1.19. The van der Waals surface area contributed by atoms with Crippen LogP contribution >= 0.6 is 0 Å². The molecule has 1 aromatic carbocycles. The second-order valence-corrected chi connectivity index (χ2v) is 3.86. The van der Waals surface area contributed by atoms with E-state index >= 15 is 0 Å². The molecule has 0 radical (unpaired) electrons. The standard InChI is InChI=1S/C12H16O/c1-10-7-8-13-9-12(10)11-5-3-2-4-6-11/h2-6,10,12H,7-9H2,1H3. The van der Waals surface area contributed by atoms with Crippen LogP contribution in [0.15, 0.2) is 30.3 Å². The van der Waals surface area contributed by atoms with Gasteiger partial charge in [0.1, 0.15) is 0 Å². The summed E-state index contributed by atoms with van der Waals surface area (Å²) >= 11 is 0. The fraction of sp³-hybridized carbons (Fsp3) is 0.500. The van der Waals surface area contributed by atoms with E-state index < -0.39 is 0 Å². The first-order chi connectivity index (χ1) is 6.38. The zero-order valence-electron chi connectivity index (χ0n) is 8.07. The summed E-state index contributed by atoms with van der Waals surface area (Å²) in [5, 5.41) is 0. The minimum absolute atomic E-state index is 0.606. The van der Waals surface area contributed by atoms with E-state index in [0.29, 0.717) is 5.92 Å². The molecular weight excluding hydrogens is 160 g/mol. The van der Waals surface area contributed by atoms with Gasteiger partial charge in [-0.25, -0.2) is 0 Å². The molecule has 1 aromatic rings. The highest BCUT2D eigenvalue weighted by molar-refractivity contribution is 5.20. The van der Waals surface area contributed by atoms with E-state index in [-0.39, 0.29) is 0 Å². The molecule has 70 valence electrons. The maximum absolute atomic E-state index is 5.51. The van der Waals surface area contributed by atoms with Gasteiger partial charge in [0.05, 0.1) is 6.61 Å². The SMILES string of the molecule is CC1CCOCC1c1ccccc1. The van der Waals surface area contributed by atoms with Crippen LogP contribution in [-0.4, -0.2) is 13.2 Å². The number of ether oxygens (including phenoxy) is 1. The predicted molar refractivity (Wildman–Crippen MR) is 53.8 cm³/mol. The Morgan fingerprint density at radius 1 is 1.23 bits per heavy atom. The van der Waals surface area contributed by atoms with Crippen molar-refractivity contribution in [3.63, 3.8) is 0 Å². The van der Waals surface area contributed by atoms with Gasteiger partial charge >= 0.3 is 0 Å². The van der Waals surface area contributed by atoms with Crippen LogP contribution in [-0.2, 0) is 4.74 Å². The summed E-state index contributed by atoms with van der Waals surface area (Å²) in [7, 11) is 0. The lowest BCUT2D eigenvalue weighted by atomic mass is 9.85. The highest BCUT2D eigenvalue weighted by atomic mass is 16.5. The fourth-order valence-electron chi connectivity index (χ4n) is 1.97. The Morgan fingerprint density at radius 2 is 2.00 bits per heavy atom. The van der Waals surface area contributed by atoms with Gasteiger partial charge in [-0.05, 0) is 17.9 Å². The van der Waals surface area contributed by atoms with Gasteiger partial charge in [-0.2, -0.15) is 0 Å². The van der Waals surface area contributed by atoms with Gasteiger partial charge in [0.15, 0.2) is 0 Å². The van der Waals surface area contributed by atoms with E-state index in [1.165, 1.54) is 12.0 Å². The third-order valence-electron chi connectivity index (χ3n) is 2.93. The van der Waals surface area contributed by atoms with Crippen LogP contribution in [0.4, 0.5) is 0 Å². The second-order valence-electron chi connectivity index (χ2n) is 3.86. The van der Waals surface area contributed by atoms with Crippen molar-refractivity contribution < 1.29 is 4.74 Å². The Labute approximate surface area is 79.7 Å². The van der Waals surface area contributed by atoms with Gasteiger partial charge in [-0.15, -0.1) is 0 Å². The molecule has 1 nitrogen and oxygen atoms in total. The molecule has 1 heterocycles. The number of hydrogen-bond acceptors (Lipinski definition) is 1. The van der Waals surface area contributed by atoms with Gasteiger partial charge in [0, 0.05) is 12.5 Å². The van der Waals surface area contributed by atoms with Gasteiger partial charge in [0.25, 0.3) is 0 Å². The Morgan fingerprint density at radius 3 is 2.69 bits per heavy atom. The van der Waals surface area contributed by atoms with Crippen LogP contribution in [0, 0.1) is 5.92 Å². The largest absolute Gasteiger partial charge is 0.381 e. The Kier molecular flexibility index (Phi) is 2.65. The topological polar surface area (TPSA) is 9.23 Å². The van der Waals surface area contributed by atoms with Crippen LogP contribution in [0.2, 0.25) is 0 Å². The highest BCUT2D eigenvalue weighted by Gasteiger charge is 2.22. The minimum Gasteiger partial charge on any atom is -0.381 e. The second kappa shape index (κ2) is 3.93. The average molecular weight is 176 g/mol. The van der Waals surface area contributed by atoms with Crippen LogP contribution in [0.25, 0.3) is 0 Å². The van der Waals surface area contributed by atoms with E-state index in [2.05, 4.69) is 37.3 Å². The molecule has 1 heteroatoms. The van der Waals surface area contributed by atoms with Gasteiger partial charge in [-0.1, -0.05) is 37.3 Å². The Hall–Kier alpha value is -0.820. The normalized spacial score (nSPS) is 28.7. The molecule has 0 saturated carbocycles. The molecule has 0 N–H and O–H groups in total. The van der Waals surface area contributed by atoms with Gasteiger partial charge in [-0.3, -0.25) is 0 Å². The van der Waals surface area contributed by atoms with Crippen molar-refractivity contribution in [2.45, 2.75) is 19.3 Å². The molecule has 1 fully saturated rings. The molecule has 1 aliphatic rings. The van der Waals surface area contributed by atoms with E-state index in [0.717, 1.165) is 19.1 Å². The van der Waals surface area contributed by atoms with Crippen LogP contribution in [0.1, 0.15) is 24.8 Å². The van der Waals surface area contributed by atoms with Crippen molar-refractivity contribution in [2.24, 2.45) is 5.92 Å². The van der Waals surface area contributed by atoms with Crippen molar-refractivity contribution in [2.75, 3.05) is 13.2 Å². The molecule has 1 saturated heterocycles. The van der Waals surface area contributed by atoms with Crippen molar-refractivity contribution in [1.29, 1.82) is 0 Å². The maximum Gasteiger partial charge on any atom is 0.0537 e. The van der Waals surface area contributed by atoms with Crippen molar-refractivity contribution in [3.8, 4) is 0 Å². The first kappa shape index (κ1) is 8.76. The lowest BCUT2D eigenvalue weighted by Crippen LogP contribution is -2.23. The molecule has 2 unspecified atom stereocenters. The monoisotopic (exact) mass is 176 g/mol. The molecule has 0 bridgehead atoms. The Bertz CT molecular complexity index is 255. The summed E-state index contributed by atoms with van der Waals surface area (Å²) in [5.74, 6) is 1.37. The quantitative estimate of drug-likeness (QED) is 0.639. The molecule has 0 aliphatic carbocycles. The fourth-order valence-corrected chi connectivity index (χ4v) is 1.97. The van der Waals surface area contributed by atoms with E-state index in [4.69, 9.17) is 4.74 Å². The smallest absolute Gasteiger partial charge is 0.0537 e. The van der Waals surface area contributed by atoms with E-state index in [9.17, 15) is 0 Å². The van der Waals surface area contributed by atoms with Crippen LogP contribution < -0.4 is 0 Å². The van der Waals surface area contributed by atoms with Gasteiger partial charge in [0.2, 0.25) is 0 Å². The van der Waals surface area contributed by atoms with Crippen molar-refractivity contribution in [3.05, 3.63) is 35.9 Å². The molecule has 13 heavy (non-hydrogen) atoms. The number of hydrogen-bond donors (Lipinski definition) is 0. The zero-order chi connectivity index (χ0) is 9.10. The highest BCUT2D eigenvalue weighted by Crippen LogP contribution is 2.30. The van der Waals surface area contributed by atoms with Gasteiger partial charge < -0.3 is 4.74 Å². The molecule has 1 aliphatic heterocycles. The zero-order valence-corrected chi connectivity index (χ0v) is 8.07. The third kappa shape index (κ3) is 1.92. The molecule has 0 amide bonds. The molecule has 0 spiro atoms. The average Bonchev–Trinajstić information content (AvgIpc) is 2.20. The van der Waals surface area contributed by atoms with Crippen molar-refractivity contribution >= 4 is 0 Å². The molecule has 2 rings (SSSR count).